The van der Waals surface area contributed by atoms with Gasteiger partial charge in [0.2, 0.25) is 5.69 Å². The average Bonchev–Trinajstić information content (AvgIpc) is 2.77. The minimum absolute atomic E-state index is 0.0886. The second-order valence-electron chi connectivity index (χ2n) is 7.40. The number of benzene rings is 2. The number of aryl methyl sites for hydroxylation is 2. The summed E-state index contributed by atoms with van der Waals surface area (Å²) in [6.45, 7) is 4.54. The molecule has 1 N–H and O–H groups in total. The first-order chi connectivity index (χ1) is 15.3. The molecule has 2 aromatic carbocycles. The first-order valence-corrected chi connectivity index (χ1v) is 10.5. The fraction of sp³-hybridized carbons (Fsp3) is 0.304. The summed E-state index contributed by atoms with van der Waals surface area (Å²) in [7, 11) is 1.57. The molecular weight excluding hydrogens is 432 g/mol. The number of rotatable bonds is 8. The zero-order valence-electron chi connectivity index (χ0n) is 18.2. The highest BCUT2D eigenvalue weighted by Crippen LogP contribution is 2.15. The summed E-state index contributed by atoms with van der Waals surface area (Å²) < 4.78 is 7.03. The zero-order valence-corrected chi connectivity index (χ0v) is 19.0. The van der Waals surface area contributed by atoms with Gasteiger partial charge >= 0.3 is 5.69 Å². The largest absolute Gasteiger partial charge is 0.385 e. The lowest BCUT2D eigenvalue weighted by Crippen LogP contribution is -2.46. The highest BCUT2D eigenvalue weighted by Gasteiger charge is 2.21. The number of hydrogen-bond donors (Lipinski definition) is 1. The topological polar surface area (TPSA) is 95.2 Å². The SMILES string of the molecule is COCCCNC(=O)c1nn(-c2ccc(C)c(C)c2)c(=O)n(Cc2ccccc2Cl)c1=O. The normalized spacial score (nSPS) is 10.9. The number of carbonyl (C=O) groups excluding carboxylic acids is 1. The van der Waals surface area contributed by atoms with Crippen LogP contribution in [0.15, 0.2) is 52.1 Å². The van der Waals surface area contributed by atoms with Crippen molar-refractivity contribution in [1.29, 1.82) is 0 Å². The van der Waals surface area contributed by atoms with Crippen molar-refractivity contribution in [2.45, 2.75) is 26.8 Å². The monoisotopic (exact) mass is 456 g/mol. The van der Waals surface area contributed by atoms with E-state index in [-0.39, 0.29) is 12.2 Å². The number of nitrogens with one attached hydrogen (secondary N) is 1. The van der Waals surface area contributed by atoms with Crippen LogP contribution in [-0.2, 0) is 11.3 Å². The summed E-state index contributed by atoms with van der Waals surface area (Å²) in [6, 6.07) is 12.3. The molecule has 0 bridgehead atoms. The van der Waals surface area contributed by atoms with Crippen molar-refractivity contribution in [2.24, 2.45) is 0 Å². The maximum atomic E-state index is 13.2. The number of halogens is 1. The van der Waals surface area contributed by atoms with E-state index in [0.717, 1.165) is 20.4 Å². The Morgan fingerprint density at radius 1 is 1.12 bits per heavy atom. The molecule has 0 aliphatic rings. The first kappa shape index (κ1) is 23.4. The van der Waals surface area contributed by atoms with E-state index in [1.807, 2.05) is 19.9 Å². The molecule has 0 aliphatic carbocycles. The van der Waals surface area contributed by atoms with Crippen molar-refractivity contribution in [2.75, 3.05) is 20.3 Å². The van der Waals surface area contributed by atoms with Gasteiger partial charge in [-0.2, -0.15) is 9.78 Å². The van der Waals surface area contributed by atoms with Gasteiger partial charge in [0.25, 0.3) is 11.5 Å². The van der Waals surface area contributed by atoms with Gasteiger partial charge in [-0.05, 0) is 55.2 Å². The molecule has 0 fully saturated rings. The summed E-state index contributed by atoms with van der Waals surface area (Å²) in [4.78, 5) is 39.1. The number of nitrogens with zero attached hydrogens (tertiary/aromatic N) is 3. The van der Waals surface area contributed by atoms with Crippen LogP contribution in [0.5, 0.6) is 0 Å². The predicted molar refractivity (Wildman–Crippen MR) is 123 cm³/mol. The van der Waals surface area contributed by atoms with Crippen LogP contribution >= 0.6 is 11.6 Å². The number of amides is 1. The minimum Gasteiger partial charge on any atom is -0.385 e. The third-order valence-corrected chi connectivity index (χ3v) is 5.48. The smallest absolute Gasteiger partial charge is 0.352 e. The summed E-state index contributed by atoms with van der Waals surface area (Å²) in [5.41, 5.74) is 1.23. The van der Waals surface area contributed by atoms with E-state index in [1.54, 1.807) is 43.5 Å². The molecule has 0 spiro atoms. The Kier molecular flexibility index (Phi) is 7.61. The van der Waals surface area contributed by atoms with Gasteiger partial charge in [0.05, 0.1) is 12.2 Å². The quantitative estimate of drug-likeness (QED) is 0.525. The Balaban J connectivity index is 2.13. The first-order valence-electron chi connectivity index (χ1n) is 10.2. The van der Waals surface area contributed by atoms with Crippen LogP contribution < -0.4 is 16.6 Å². The van der Waals surface area contributed by atoms with Gasteiger partial charge in [0.1, 0.15) is 0 Å². The summed E-state index contributed by atoms with van der Waals surface area (Å²) in [6.07, 6.45) is 0.576. The van der Waals surface area contributed by atoms with Gasteiger partial charge in [-0.1, -0.05) is 35.9 Å². The van der Waals surface area contributed by atoms with E-state index < -0.39 is 17.2 Å². The van der Waals surface area contributed by atoms with Crippen LogP contribution in [0.4, 0.5) is 0 Å². The van der Waals surface area contributed by atoms with Crippen LogP contribution in [-0.4, -0.2) is 40.5 Å². The summed E-state index contributed by atoms with van der Waals surface area (Å²) >= 11 is 6.24. The molecule has 0 radical (unpaired) electrons. The number of carbonyl (C=O) groups is 1. The maximum Gasteiger partial charge on any atom is 0.352 e. The van der Waals surface area contributed by atoms with Crippen LogP contribution in [0.1, 0.15) is 33.6 Å². The molecule has 0 atom stereocenters. The molecule has 9 heteroatoms. The van der Waals surface area contributed by atoms with Gasteiger partial charge in [-0.15, -0.1) is 0 Å². The maximum absolute atomic E-state index is 13.2. The van der Waals surface area contributed by atoms with Gasteiger partial charge in [0, 0.05) is 25.3 Å². The molecule has 0 unspecified atom stereocenters. The average molecular weight is 457 g/mol. The molecule has 1 aromatic heterocycles. The molecule has 1 amide bonds. The molecule has 168 valence electrons. The summed E-state index contributed by atoms with van der Waals surface area (Å²) in [5, 5.41) is 7.21. The lowest BCUT2D eigenvalue weighted by Gasteiger charge is -2.14. The van der Waals surface area contributed by atoms with Crippen molar-refractivity contribution in [3.8, 4) is 5.69 Å². The van der Waals surface area contributed by atoms with E-state index in [2.05, 4.69) is 10.4 Å². The Hall–Kier alpha value is -3.23. The van der Waals surface area contributed by atoms with Crippen molar-refractivity contribution < 1.29 is 9.53 Å². The lowest BCUT2D eigenvalue weighted by atomic mass is 10.1. The van der Waals surface area contributed by atoms with E-state index in [0.29, 0.717) is 35.8 Å². The van der Waals surface area contributed by atoms with Crippen molar-refractivity contribution in [3.05, 3.63) is 90.7 Å². The molecule has 0 saturated heterocycles. The minimum atomic E-state index is -0.778. The van der Waals surface area contributed by atoms with Gasteiger partial charge in [-0.25, -0.2) is 4.79 Å². The Bertz CT molecular complexity index is 1250. The third kappa shape index (κ3) is 5.15. The van der Waals surface area contributed by atoms with Gasteiger partial charge < -0.3 is 10.1 Å². The van der Waals surface area contributed by atoms with Crippen molar-refractivity contribution in [1.82, 2.24) is 19.7 Å². The summed E-state index contributed by atoms with van der Waals surface area (Å²) in [5.74, 6) is -0.656. The van der Waals surface area contributed by atoms with Crippen LogP contribution in [0.3, 0.4) is 0 Å². The Morgan fingerprint density at radius 3 is 2.56 bits per heavy atom. The number of ether oxygens (including phenoxy) is 1. The van der Waals surface area contributed by atoms with Crippen LogP contribution in [0.2, 0.25) is 5.02 Å². The molecule has 0 saturated carbocycles. The molecule has 32 heavy (non-hydrogen) atoms. The van der Waals surface area contributed by atoms with E-state index in [4.69, 9.17) is 16.3 Å². The Labute approximate surface area is 190 Å². The molecule has 0 aliphatic heterocycles. The molecule has 3 aromatic rings. The fourth-order valence-corrected chi connectivity index (χ4v) is 3.32. The number of methoxy groups -OCH3 is 1. The lowest BCUT2D eigenvalue weighted by molar-refractivity contribution is 0.0938. The molecule has 3 rings (SSSR count). The highest BCUT2D eigenvalue weighted by atomic mass is 35.5. The molecular formula is C23H25ClN4O4. The van der Waals surface area contributed by atoms with Crippen molar-refractivity contribution >= 4 is 17.5 Å². The number of aromatic nitrogens is 3. The molecule has 1 heterocycles. The Morgan fingerprint density at radius 2 is 1.88 bits per heavy atom. The number of hydrogen-bond acceptors (Lipinski definition) is 5. The van der Waals surface area contributed by atoms with Crippen LogP contribution in [0, 0.1) is 13.8 Å². The van der Waals surface area contributed by atoms with E-state index in [9.17, 15) is 14.4 Å². The van der Waals surface area contributed by atoms with Gasteiger partial charge in [0.15, 0.2) is 0 Å². The zero-order chi connectivity index (χ0) is 23.3. The third-order valence-electron chi connectivity index (χ3n) is 5.11. The fourth-order valence-electron chi connectivity index (χ4n) is 3.12. The predicted octanol–water partition coefficient (Wildman–Crippen LogP) is 2.48. The van der Waals surface area contributed by atoms with E-state index in [1.165, 1.54) is 0 Å². The standard InChI is InChI=1S/C23H25ClN4O4/c1-15-9-10-18(13-16(15)2)28-23(31)27(14-17-7-4-5-8-19(17)24)22(30)20(26-28)21(29)25-11-6-12-32-3/h4-5,7-10,13H,6,11-12,14H2,1-3H3,(H,25,29). The molecule has 8 nitrogen and oxygen atoms in total. The van der Waals surface area contributed by atoms with Crippen molar-refractivity contribution in [3.63, 3.8) is 0 Å². The second-order valence-corrected chi connectivity index (χ2v) is 7.80. The van der Waals surface area contributed by atoms with Crippen LogP contribution in [0.25, 0.3) is 5.69 Å². The highest BCUT2D eigenvalue weighted by molar-refractivity contribution is 6.31. The van der Waals surface area contributed by atoms with Gasteiger partial charge in [-0.3, -0.25) is 14.2 Å². The van der Waals surface area contributed by atoms with E-state index >= 15 is 0 Å². The second kappa shape index (κ2) is 10.4.